The molecule has 31 heavy (non-hydrogen) atoms. The molecule has 1 aromatic heterocycles. The normalized spacial score (nSPS) is 11.3. The molecule has 3 rings (SSSR count). The second-order valence-corrected chi connectivity index (χ2v) is 8.36. The van der Waals surface area contributed by atoms with E-state index < -0.39 is 5.97 Å². The lowest BCUT2D eigenvalue weighted by atomic mass is 10.0. The Morgan fingerprint density at radius 3 is 2.55 bits per heavy atom. The van der Waals surface area contributed by atoms with Crippen molar-refractivity contribution in [3.63, 3.8) is 0 Å². The summed E-state index contributed by atoms with van der Waals surface area (Å²) in [6.07, 6.45) is 2.79. The number of thiazole rings is 1. The van der Waals surface area contributed by atoms with Crippen molar-refractivity contribution in [1.29, 1.82) is 5.26 Å². The van der Waals surface area contributed by atoms with Gasteiger partial charge < -0.3 is 9.47 Å². The van der Waals surface area contributed by atoms with Crippen LogP contribution in [0.25, 0.3) is 22.9 Å². The molecule has 158 valence electrons. The van der Waals surface area contributed by atoms with Crippen molar-refractivity contribution in [3.05, 3.63) is 64.0 Å². The number of esters is 1. The second-order valence-electron chi connectivity index (χ2n) is 7.51. The summed E-state index contributed by atoms with van der Waals surface area (Å²) in [5.74, 6) is 0.944. The van der Waals surface area contributed by atoms with Crippen molar-refractivity contribution in [1.82, 2.24) is 4.98 Å². The number of methoxy groups -OCH3 is 1. The molecule has 0 bridgehead atoms. The summed E-state index contributed by atoms with van der Waals surface area (Å²) in [7, 11) is 1.50. The number of aromatic nitrogens is 1. The first kappa shape index (κ1) is 22.3. The van der Waals surface area contributed by atoms with E-state index in [1.54, 1.807) is 24.3 Å². The van der Waals surface area contributed by atoms with Crippen LogP contribution in [0.2, 0.25) is 0 Å². The van der Waals surface area contributed by atoms with Crippen LogP contribution in [0.1, 0.15) is 36.9 Å². The first-order valence-corrected chi connectivity index (χ1v) is 10.8. The van der Waals surface area contributed by atoms with E-state index in [-0.39, 0.29) is 0 Å². The van der Waals surface area contributed by atoms with Crippen LogP contribution >= 0.6 is 11.3 Å². The molecule has 5 nitrogen and oxygen atoms in total. The van der Waals surface area contributed by atoms with E-state index in [1.165, 1.54) is 30.9 Å². The number of benzene rings is 2. The number of hydrogen-bond donors (Lipinski definition) is 0. The van der Waals surface area contributed by atoms with Gasteiger partial charge in [0.25, 0.3) is 0 Å². The standard InChI is InChI=1S/C25H24N2O3S/c1-16(2)11-18-5-8-20(9-6-18)22-15-31-25(27-22)21(14-26)12-19-7-10-23(30-17(3)28)24(13-19)29-4/h5-10,12-13,15-16H,11H2,1-4H3. The monoisotopic (exact) mass is 432 g/mol. The van der Waals surface area contributed by atoms with Crippen molar-refractivity contribution >= 4 is 29.0 Å². The molecule has 0 aliphatic carbocycles. The van der Waals surface area contributed by atoms with Crippen LogP contribution in [0.15, 0.2) is 47.8 Å². The lowest BCUT2D eigenvalue weighted by molar-refractivity contribution is -0.132. The largest absolute Gasteiger partial charge is 0.493 e. The predicted molar refractivity (Wildman–Crippen MR) is 124 cm³/mol. The van der Waals surface area contributed by atoms with Gasteiger partial charge in [0.2, 0.25) is 0 Å². The average molecular weight is 433 g/mol. The molecule has 1 heterocycles. The zero-order chi connectivity index (χ0) is 22.4. The van der Waals surface area contributed by atoms with Crippen LogP contribution in [-0.2, 0) is 11.2 Å². The van der Waals surface area contributed by atoms with E-state index >= 15 is 0 Å². The summed E-state index contributed by atoms with van der Waals surface area (Å²) < 4.78 is 10.4. The molecule has 0 saturated heterocycles. The second kappa shape index (κ2) is 10.1. The van der Waals surface area contributed by atoms with Gasteiger partial charge in [0.1, 0.15) is 11.1 Å². The van der Waals surface area contributed by atoms with Gasteiger partial charge in [0.15, 0.2) is 11.5 Å². The summed E-state index contributed by atoms with van der Waals surface area (Å²) >= 11 is 1.43. The summed E-state index contributed by atoms with van der Waals surface area (Å²) in [5.41, 5.74) is 4.38. The Bertz CT molecular complexity index is 1140. The fraction of sp³-hybridized carbons (Fsp3) is 0.240. The number of allylic oxidation sites excluding steroid dienone is 1. The molecule has 0 spiro atoms. The summed E-state index contributed by atoms with van der Waals surface area (Å²) in [4.78, 5) is 15.9. The SMILES string of the molecule is COc1cc(C=C(C#N)c2nc(-c3ccc(CC(C)C)cc3)cs2)ccc1OC(C)=O. The third-order valence-corrected chi connectivity index (χ3v) is 5.38. The zero-order valence-electron chi connectivity index (χ0n) is 18.0. The van der Waals surface area contributed by atoms with Crippen molar-refractivity contribution in [2.45, 2.75) is 27.2 Å². The van der Waals surface area contributed by atoms with E-state index in [4.69, 9.17) is 9.47 Å². The van der Waals surface area contributed by atoms with Gasteiger partial charge in [-0.3, -0.25) is 4.79 Å². The minimum atomic E-state index is -0.424. The highest BCUT2D eigenvalue weighted by molar-refractivity contribution is 7.11. The Balaban J connectivity index is 1.85. The minimum Gasteiger partial charge on any atom is -0.493 e. The topological polar surface area (TPSA) is 72.2 Å². The number of hydrogen-bond acceptors (Lipinski definition) is 6. The number of carbonyl (C=O) groups is 1. The Labute approximate surface area is 186 Å². The third-order valence-electron chi connectivity index (χ3n) is 4.50. The number of nitriles is 1. The van der Waals surface area contributed by atoms with Crippen molar-refractivity contribution in [3.8, 4) is 28.8 Å². The minimum absolute atomic E-state index is 0.336. The smallest absolute Gasteiger partial charge is 0.308 e. The van der Waals surface area contributed by atoms with Crippen molar-refractivity contribution < 1.29 is 14.3 Å². The lowest BCUT2D eigenvalue weighted by Gasteiger charge is -2.08. The molecule has 0 amide bonds. The lowest BCUT2D eigenvalue weighted by Crippen LogP contribution is -2.03. The van der Waals surface area contributed by atoms with Crippen LogP contribution in [0.5, 0.6) is 11.5 Å². The van der Waals surface area contributed by atoms with Gasteiger partial charge in [-0.25, -0.2) is 4.98 Å². The molecule has 0 saturated carbocycles. The fourth-order valence-electron chi connectivity index (χ4n) is 3.13. The van der Waals surface area contributed by atoms with Crippen LogP contribution in [0, 0.1) is 17.2 Å². The Kier molecular flexibility index (Phi) is 7.22. The number of rotatable bonds is 7. The molecule has 2 aromatic carbocycles. The van der Waals surface area contributed by atoms with Gasteiger partial charge in [0, 0.05) is 17.9 Å². The molecule has 0 atom stereocenters. The third kappa shape index (κ3) is 5.80. The Morgan fingerprint density at radius 2 is 1.94 bits per heavy atom. The van der Waals surface area contributed by atoms with Crippen LogP contribution < -0.4 is 9.47 Å². The molecule has 0 N–H and O–H groups in total. The molecule has 0 aliphatic rings. The Morgan fingerprint density at radius 1 is 1.19 bits per heavy atom. The van der Waals surface area contributed by atoms with E-state index in [0.29, 0.717) is 28.0 Å². The Hall–Kier alpha value is -3.43. The first-order valence-electron chi connectivity index (χ1n) is 9.93. The maximum absolute atomic E-state index is 11.2. The summed E-state index contributed by atoms with van der Waals surface area (Å²) in [6.45, 7) is 5.74. The van der Waals surface area contributed by atoms with E-state index in [9.17, 15) is 10.1 Å². The van der Waals surface area contributed by atoms with Crippen LogP contribution in [0.3, 0.4) is 0 Å². The summed E-state index contributed by atoms with van der Waals surface area (Å²) in [6, 6.07) is 15.8. The van der Waals surface area contributed by atoms with Gasteiger partial charge in [-0.15, -0.1) is 11.3 Å². The van der Waals surface area contributed by atoms with Crippen LogP contribution in [-0.4, -0.2) is 18.1 Å². The predicted octanol–water partition coefficient (Wildman–Crippen LogP) is 6.01. The quantitative estimate of drug-likeness (QED) is 0.260. The van der Waals surface area contributed by atoms with E-state index in [0.717, 1.165) is 23.2 Å². The van der Waals surface area contributed by atoms with E-state index in [2.05, 4.69) is 49.2 Å². The van der Waals surface area contributed by atoms with Gasteiger partial charge in [-0.05, 0) is 41.7 Å². The molecule has 3 aromatic rings. The molecular weight excluding hydrogens is 408 g/mol. The highest BCUT2D eigenvalue weighted by Gasteiger charge is 2.12. The van der Waals surface area contributed by atoms with Gasteiger partial charge in [-0.1, -0.05) is 44.2 Å². The number of ether oxygens (including phenoxy) is 2. The van der Waals surface area contributed by atoms with Crippen LogP contribution in [0.4, 0.5) is 0 Å². The molecule has 0 aliphatic heterocycles. The highest BCUT2D eigenvalue weighted by Crippen LogP contribution is 2.31. The van der Waals surface area contributed by atoms with E-state index in [1.807, 2.05) is 5.38 Å². The number of nitrogens with zero attached hydrogens (tertiary/aromatic N) is 2. The van der Waals surface area contributed by atoms with Gasteiger partial charge in [-0.2, -0.15) is 5.26 Å². The average Bonchev–Trinajstić information content (AvgIpc) is 3.22. The fourth-order valence-corrected chi connectivity index (χ4v) is 3.93. The summed E-state index contributed by atoms with van der Waals surface area (Å²) in [5, 5.41) is 12.3. The molecule has 0 radical (unpaired) electrons. The van der Waals surface area contributed by atoms with Crippen molar-refractivity contribution in [2.75, 3.05) is 7.11 Å². The highest BCUT2D eigenvalue weighted by atomic mass is 32.1. The van der Waals surface area contributed by atoms with Gasteiger partial charge in [0.05, 0.1) is 18.4 Å². The molecule has 6 heteroatoms. The zero-order valence-corrected chi connectivity index (χ0v) is 18.8. The first-order chi connectivity index (χ1) is 14.9. The molecule has 0 fully saturated rings. The number of carbonyl (C=O) groups excluding carboxylic acids is 1. The maximum Gasteiger partial charge on any atom is 0.308 e. The van der Waals surface area contributed by atoms with Gasteiger partial charge >= 0.3 is 5.97 Å². The maximum atomic E-state index is 11.2. The van der Waals surface area contributed by atoms with Crippen molar-refractivity contribution in [2.24, 2.45) is 5.92 Å². The molecule has 0 unspecified atom stereocenters. The molecular formula is C25H24N2O3S.